The zero-order valence-corrected chi connectivity index (χ0v) is 16.9. The number of aliphatic imine (C=N–C) groups is 1. The lowest BCUT2D eigenvalue weighted by atomic mass is 9.97. The van der Waals surface area contributed by atoms with Crippen LogP contribution in [-0.4, -0.2) is 63.0 Å². The Balaban J connectivity index is 1.57. The number of carbonyl (C=O) groups is 1. The first-order chi connectivity index (χ1) is 14.2. The predicted octanol–water partition coefficient (Wildman–Crippen LogP) is 1.56. The van der Waals surface area contributed by atoms with Gasteiger partial charge in [-0.15, -0.1) is 0 Å². The topological polar surface area (TPSA) is 150 Å². The molecular formula is C19H24N6O5. The number of aromatic amines is 1. The second-order valence-corrected chi connectivity index (χ2v) is 7.87. The van der Waals surface area contributed by atoms with Crippen LogP contribution >= 0.6 is 0 Å². The van der Waals surface area contributed by atoms with Gasteiger partial charge in [-0.25, -0.2) is 19.3 Å². The fourth-order valence-electron chi connectivity index (χ4n) is 3.78. The molecule has 4 atom stereocenters. The summed E-state index contributed by atoms with van der Waals surface area (Å²) < 4.78 is 25.2. The van der Waals surface area contributed by atoms with Crippen molar-refractivity contribution in [1.29, 1.82) is 5.41 Å². The Hall–Kier alpha value is -3.02. The van der Waals surface area contributed by atoms with Crippen LogP contribution in [0.15, 0.2) is 35.8 Å². The van der Waals surface area contributed by atoms with E-state index in [9.17, 15) is 4.79 Å². The first-order valence-corrected chi connectivity index (χ1v) is 9.42. The van der Waals surface area contributed by atoms with Crippen molar-refractivity contribution in [3.8, 4) is 0 Å². The summed E-state index contributed by atoms with van der Waals surface area (Å²) in [6.45, 7) is 5.45. The van der Waals surface area contributed by atoms with Crippen molar-refractivity contribution < 1.29 is 23.7 Å². The van der Waals surface area contributed by atoms with E-state index in [1.54, 1.807) is 6.07 Å². The molecule has 0 aliphatic carbocycles. The number of hydrogen-bond donors (Lipinski definition) is 3. The highest BCUT2D eigenvalue weighted by molar-refractivity contribution is 5.99. The normalized spacial score (nSPS) is 30.2. The van der Waals surface area contributed by atoms with Gasteiger partial charge in [0.25, 0.3) is 0 Å². The van der Waals surface area contributed by atoms with Gasteiger partial charge in [-0.05, 0) is 32.9 Å². The number of amidine groups is 1. The van der Waals surface area contributed by atoms with Crippen LogP contribution in [0.1, 0.15) is 38.3 Å². The second kappa shape index (κ2) is 7.35. The summed E-state index contributed by atoms with van der Waals surface area (Å²) >= 11 is 0. The number of hydrogen-bond acceptors (Lipinski definition) is 7. The van der Waals surface area contributed by atoms with Gasteiger partial charge < -0.3 is 29.7 Å². The smallest absolute Gasteiger partial charge is 0.419 e. The summed E-state index contributed by atoms with van der Waals surface area (Å²) in [6, 6.07) is 3.58. The third-order valence-electron chi connectivity index (χ3n) is 5.12. The number of fused-ring (bicyclic) bond motifs is 1. The molecule has 0 spiro atoms. The molecule has 0 saturated carbocycles. The lowest BCUT2D eigenvalue weighted by Crippen LogP contribution is -2.45. The minimum absolute atomic E-state index is 0.0356. The van der Waals surface area contributed by atoms with E-state index < -0.39 is 35.8 Å². The number of nitrogens with two attached hydrogens (primary N) is 1. The molecule has 2 aromatic heterocycles. The van der Waals surface area contributed by atoms with Crippen LogP contribution in [0.2, 0.25) is 0 Å². The molecule has 0 bridgehead atoms. The Kier molecular flexibility index (Phi) is 4.96. The number of nitrogens with one attached hydrogen (secondary N) is 2. The molecule has 2 aliphatic rings. The molecule has 4 N–H and O–H groups in total. The van der Waals surface area contributed by atoms with Gasteiger partial charge in [0, 0.05) is 18.1 Å². The van der Waals surface area contributed by atoms with Gasteiger partial charge in [0.2, 0.25) is 0 Å². The quantitative estimate of drug-likeness (QED) is 0.494. The second-order valence-electron chi connectivity index (χ2n) is 7.87. The first kappa shape index (κ1) is 20.3. The van der Waals surface area contributed by atoms with Crippen LogP contribution in [0, 0.1) is 5.41 Å². The maximum Gasteiger partial charge on any atom is 0.419 e. The molecular weight excluding hydrogens is 392 g/mol. The van der Waals surface area contributed by atoms with E-state index in [2.05, 4.69) is 15.0 Å². The third-order valence-corrected chi connectivity index (χ3v) is 5.12. The average Bonchev–Trinajstić information content (AvgIpc) is 3.45. The fourth-order valence-corrected chi connectivity index (χ4v) is 3.78. The minimum atomic E-state index is -0.945. The Morgan fingerprint density at radius 1 is 1.40 bits per heavy atom. The zero-order valence-electron chi connectivity index (χ0n) is 16.9. The third kappa shape index (κ3) is 3.62. The molecule has 0 unspecified atom stereocenters. The molecule has 0 amide bonds. The number of carbonyl (C=O) groups excluding carboxylic acids is 1. The van der Waals surface area contributed by atoms with Crippen molar-refractivity contribution in [3.63, 3.8) is 0 Å². The van der Waals surface area contributed by atoms with Crippen LogP contribution in [0.5, 0.6) is 0 Å². The lowest BCUT2D eigenvalue weighted by molar-refractivity contribution is -0.213. The van der Waals surface area contributed by atoms with Gasteiger partial charge in [-0.2, -0.15) is 0 Å². The molecule has 30 heavy (non-hydrogen) atoms. The van der Waals surface area contributed by atoms with E-state index in [1.807, 2.05) is 26.8 Å². The Morgan fingerprint density at radius 2 is 2.20 bits per heavy atom. The molecule has 2 fully saturated rings. The van der Waals surface area contributed by atoms with Crippen molar-refractivity contribution in [2.45, 2.75) is 50.5 Å². The molecule has 2 aromatic rings. The highest BCUT2D eigenvalue weighted by Crippen LogP contribution is 2.49. The molecule has 11 heteroatoms. The van der Waals surface area contributed by atoms with E-state index in [0.717, 1.165) is 6.34 Å². The predicted molar refractivity (Wildman–Crippen MR) is 105 cm³/mol. The van der Waals surface area contributed by atoms with Crippen LogP contribution in [-0.2, 0) is 18.9 Å². The summed E-state index contributed by atoms with van der Waals surface area (Å²) in [7, 11) is 0. The van der Waals surface area contributed by atoms with Gasteiger partial charge in [0.05, 0.1) is 5.69 Å². The molecule has 4 heterocycles. The van der Waals surface area contributed by atoms with E-state index >= 15 is 0 Å². The summed E-state index contributed by atoms with van der Waals surface area (Å²) in [4.78, 5) is 23.0. The van der Waals surface area contributed by atoms with E-state index in [4.69, 9.17) is 30.1 Å². The number of aromatic nitrogens is 3. The first-order valence-electron chi connectivity index (χ1n) is 9.42. The molecule has 11 nitrogen and oxygen atoms in total. The van der Waals surface area contributed by atoms with E-state index in [1.165, 1.54) is 23.3 Å². The van der Waals surface area contributed by atoms with Gasteiger partial charge in [-0.3, -0.25) is 5.41 Å². The molecule has 0 aromatic carbocycles. The zero-order chi connectivity index (χ0) is 21.5. The van der Waals surface area contributed by atoms with E-state index in [-0.39, 0.29) is 12.4 Å². The number of rotatable bonds is 5. The molecule has 160 valence electrons. The van der Waals surface area contributed by atoms with Crippen molar-refractivity contribution in [2.75, 3.05) is 6.61 Å². The monoisotopic (exact) mass is 416 g/mol. The average molecular weight is 416 g/mol. The van der Waals surface area contributed by atoms with Crippen molar-refractivity contribution in [3.05, 3.63) is 42.2 Å². The fraction of sp³-hybridized carbons (Fsp3) is 0.474. The standard InChI is InChI=1S/C19H24N6O5/c1-18(2)28-14-13(11-4-5-12(24-11)16(21)23-9-20)29-19(3,15(14)30-18)8-27-17(26)25-7-6-22-10-25/h4-7,9-10,13-15,24H,8H2,1-3H3,(H3,20,21,23)/t13-,14-,15-,19+/m0/s1. The SMILES string of the molecule is CC1(C)O[C@H]2[C@H](c3ccc(/C(N)=N\C=N)[nH]3)O[C@](C)(COC(=O)n3ccnc3)[C@H]2O1. The molecule has 2 saturated heterocycles. The van der Waals surface area contributed by atoms with Crippen LogP contribution in [0.25, 0.3) is 0 Å². The molecule has 2 aliphatic heterocycles. The van der Waals surface area contributed by atoms with Crippen molar-refractivity contribution >= 4 is 18.3 Å². The van der Waals surface area contributed by atoms with Gasteiger partial charge in [0.1, 0.15) is 49.0 Å². The largest absolute Gasteiger partial charge is 0.446 e. The van der Waals surface area contributed by atoms with Gasteiger partial charge in [0.15, 0.2) is 5.79 Å². The number of H-pyrrole nitrogens is 1. The molecule has 0 radical (unpaired) electrons. The Bertz CT molecular complexity index is 968. The van der Waals surface area contributed by atoms with Crippen molar-refractivity contribution in [1.82, 2.24) is 14.5 Å². The van der Waals surface area contributed by atoms with Crippen molar-refractivity contribution in [2.24, 2.45) is 10.7 Å². The summed E-state index contributed by atoms with van der Waals surface area (Å²) in [6.07, 6.45) is 3.28. The van der Waals surface area contributed by atoms with E-state index in [0.29, 0.717) is 11.4 Å². The van der Waals surface area contributed by atoms with Gasteiger partial charge >= 0.3 is 6.09 Å². The highest BCUT2D eigenvalue weighted by Gasteiger charge is 2.62. The van der Waals surface area contributed by atoms with Gasteiger partial charge in [-0.1, -0.05) is 0 Å². The Morgan fingerprint density at radius 3 is 2.90 bits per heavy atom. The molecule has 4 rings (SSSR count). The Labute approximate surface area is 172 Å². The summed E-state index contributed by atoms with van der Waals surface area (Å²) in [5, 5.41) is 7.07. The van der Waals surface area contributed by atoms with Crippen LogP contribution < -0.4 is 5.73 Å². The van der Waals surface area contributed by atoms with Crippen LogP contribution in [0.4, 0.5) is 4.79 Å². The maximum atomic E-state index is 12.2. The minimum Gasteiger partial charge on any atom is -0.446 e. The number of imidazole rings is 1. The lowest BCUT2D eigenvalue weighted by Gasteiger charge is -2.30. The summed E-state index contributed by atoms with van der Waals surface area (Å²) in [5.74, 6) is -0.630. The number of nitrogens with zero attached hydrogens (tertiary/aromatic N) is 3. The maximum absolute atomic E-state index is 12.2. The number of ether oxygens (including phenoxy) is 4. The summed E-state index contributed by atoms with van der Waals surface area (Å²) in [5.41, 5.74) is 6.19. The highest BCUT2D eigenvalue weighted by atomic mass is 16.8. The van der Waals surface area contributed by atoms with Crippen LogP contribution in [0.3, 0.4) is 0 Å².